The topological polar surface area (TPSA) is 728 Å². The second-order valence-corrected chi connectivity index (χ2v) is 26.1. The van der Waals surface area contributed by atoms with Gasteiger partial charge in [0.05, 0.1) is 64.5 Å². The van der Waals surface area contributed by atoms with Crippen molar-refractivity contribution in [3.63, 3.8) is 0 Å². The van der Waals surface area contributed by atoms with Crippen molar-refractivity contribution in [2.45, 2.75) is 285 Å². The summed E-state index contributed by atoms with van der Waals surface area (Å²) in [6, 6.07) is -5.78. The number of hydrogen-bond acceptors (Lipinski definition) is 42. The molecule has 0 saturated carbocycles. The molecule has 8 fully saturated rings. The summed E-state index contributed by atoms with van der Waals surface area (Å²) in [5, 5.41) is 270. The number of rotatable bonds is 27. The number of carboxylic acid groups (broad SMARTS) is 1. The molecule has 103 heavy (non-hydrogen) atoms. The second kappa shape index (κ2) is 36.3. The molecule has 8 aliphatic heterocycles. The number of ether oxygens (including phenoxy) is 15. The van der Waals surface area contributed by atoms with Gasteiger partial charge in [0.15, 0.2) is 44.0 Å². The fourth-order valence-corrected chi connectivity index (χ4v) is 13.1. The summed E-state index contributed by atoms with van der Waals surface area (Å²) in [7, 11) is 0. The average molecular weight is 1510 g/mol. The molecule has 8 aliphatic rings. The van der Waals surface area contributed by atoms with Crippen molar-refractivity contribution in [1.29, 1.82) is 0 Å². The van der Waals surface area contributed by atoms with Crippen molar-refractivity contribution in [2.24, 2.45) is 0 Å². The van der Waals surface area contributed by atoms with E-state index in [0.717, 1.165) is 20.8 Å². The molecule has 8 heterocycles. The molecule has 596 valence electrons. The van der Waals surface area contributed by atoms with Crippen LogP contribution in [0, 0.1) is 0 Å². The molecule has 0 bridgehead atoms. The Morgan fingerprint density at radius 1 is 0.417 bits per heavy atom. The van der Waals surface area contributed by atoms with Crippen LogP contribution in [-0.4, -0.2) is 444 Å². The molecule has 46 nitrogen and oxygen atoms in total. The average Bonchev–Trinajstić information content (AvgIpc) is 0.767. The van der Waals surface area contributed by atoms with Crippen LogP contribution in [0.25, 0.3) is 0 Å². The van der Waals surface area contributed by atoms with E-state index in [1.54, 1.807) is 0 Å². The Morgan fingerprint density at radius 2 is 0.854 bits per heavy atom. The Hall–Kier alpha value is -3.64. The molecular weight excluding hydrogens is 1410 g/mol. The van der Waals surface area contributed by atoms with Gasteiger partial charge in [-0.3, -0.25) is 14.4 Å². The SMILES string of the molecule is CC(=O)N[C@H]1[C@H](OC[C@H]2O[C@@H](O[C@H]3[C@H](O)[C@@H](O)C(O)O[C@@H]3CO)[C@H](O)[C@@H](O[C@@H]3O[C@H](CO[C@]4(C(=O)O)C[C@H](O)[C@@H](NC(C)=O)[C@H]([C@H](O)[C@H](O)CO)O4)[C@@H](O)[C@H](O[C@@H]4O[C@H](CO)[C@H](O)[C@H](O)[C@H]4O[C@@H]4O[C@@H](C)[C@@H](O)[C@@H](O)[C@@H]4O)[C@H]3NC(C)=O)[C@H]2O)O[C@H](CO)[C@@H](O[C@@H]2O[C@H](CO)[C@H](O)[C@H](O)[C@H]2O)[C@@H]1O. The number of aliphatic hydroxyl groups is 23. The quantitative estimate of drug-likeness (QED) is 0.0363. The van der Waals surface area contributed by atoms with Gasteiger partial charge in [0.1, 0.15) is 183 Å². The van der Waals surface area contributed by atoms with Gasteiger partial charge in [-0.15, -0.1) is 0 Å². The molecule has 8 rings (SSSR count). The third-order valence-corrected chi connectivity index (χ3v) is 18.8. The predicted molar refractivity (Wildman–Crippen MR) is 315 cm³/mol. The van der Waals surface area contributed by atoms with Crippen LogP contribution < -0.4 is 16.0 Å². The zero-order valence-corrected chi connectivity index (χ0v) is 55.2. The van der Waals surface area contributed by atoms with Crippen LogP contribution in [0.3, 0.4) is 0 Å². The number of nitrogens with one attached hydrogen (secondary N) is 3. The van der Waals surface area contributed by atoms with E-state index in [1.165, 1.54) is 6.92 Å². The first-order valence-corrected chi connectivity index (χ1v) is 32.6. The summed E-state index contributed by atoms with van der Waals surface area (Å²) in [6.07, 6.45) is -79.3. The molecule has 3 amide bonds. The molecule has 0 radical (unpaired) electrons. The molecule has 0 aromatic rings. The molecule has 0 aromatic heterocycles. The van der Waals surface area contributed by atoms with Gasteiger partial charge >= 0.3 is 5.97 Å². The predicted octanol–water partition coefficient (Wildman–Crippen LogP) is -17.8. The first-order valence-electron chi connectivity index (χ1n) is 32.6. The first kappa shape index (κ1) is 85.0. The van der Waals surface area contributed by atoms with Crippen LogP contribution in [-0.2, 0) is 90.2 Å². The Kier molecular flexibility index (Phi) is 29.9. The van der Waals surface area contributed by atoms with E-state index in [4.69, 9.17) is 71.1 Å². The number of aliphatic carboxylic acids is 1. The Balaban J connectivity index is 1.19. The normalized spacial score (nSPS) is 48.3. The molecule has 0 aromatic carbocycles. The maximum Gasteiger partial charge on any atom is 0.364 e. The van der Waals surface area contributed by atoms with Gasteiger partial charge < -0.3 is 210 Å². The zero-order valence-electron chi connectivity index (χ0n) is 55.2. The number of carboxylic acids is 1. The highest BCUT2D eigenvalue weighted by Gasteiger charge is 2.61. The highest BCUT2D eigenvalue weighted by atomic mass is 16.8. The number of carbonyl (C=O) groups excluding carboxylic acids is 3. The maximum absolute atomic E-state index is 13.5. The highest BCUT2D eigenvalue weighted by molar-refractivity contribution is 5.77. The van der Waals surface area contributed by atoms with Gasteiger partial charge in [0.25, 0.3) is 5.79 Å². The van der Waals surface area contributed by atoms with E-state index < -0.39 is 327 Å². The summed E-state index contributed by atoms with van der Waals surface area (Å²) in [5.41, 5.74) is 0. The van der Waals surface area contributed by atoms with Crippen molar-refractivity contribution in [2.75, 3.05) is 46.2 Å². The lowest BCUT2D eigenvalue weighted by atomic mass is 9.88. The third kappa shape index (κ3) is 18.6. The van der Waals surface area contributed by atoms with E-state index in [-0.39, 0.29) is 0 Å². The monoisotopic (exact) mass is 1510 g/mol. The number of carbonyl (C=O) groups is 4. The Bertz CT molecular complexity index is 2720. The van der Waals surface area contributed by atoms with Gasteiger partial charge in [0, 0.05) is 27.2 Å². The summed E-state index contributed by atoms with van der Waals surface area (Å²) in [4.78, 5) is 52.1. The van der Waals surface area contributed by atoms with Crippen molar-refractivity contribution in [3.8, 4) is 0 Å². The van der Waals surface area contributed by atoms with Gasteiger partial charge in [-0.2, -0.15) is 0 Å². The molecule has 0 aliphatic carbocycles. The molecule has 27 N–H and O–H groups in total. The lowest BCUT2D eigenvalue weighted by Gasteiger charge is -2.51. The minimum absolute atomic E-state index is 0.859. The minimum Gasteiger partial charge on any atom is -0.477 e. The smallest absolute Gasteiger partial charge is 0.364 e. The van der Waals surface area contributed by atoms with E-state index in [9.17, 15) is 142 Å². The number of amides is 3. The van der Waals surface area contributed by atoms with Crippen LogP contribution in [0.1, 0.15) is 34.1 Å². The van der Waals surface area contributed by atoms with Gasteiger partial charge in [-0.25, -0.2) is 4.79 Å². The largest absolute Gasteiger partial charge is 0.477 e. The lowest BCUT2D eigenvalue weighted by Crippen LogP contribution is -2.71. The van der Waals surface area contributed by atoms with E-state index in [1.807, 2.05) is 0 Å². The first-order chi connectivity index (χ1) is 48.5. The Labute approximate surface area is 582 Å². The maximum atomic E-state index is 13.5. The molecule has 46 heteroatoms. The third-order valence-electron chi connectivity index (χ3n) is 18.8. The standard InChI is InChI=1S/C57H95N3O43/c1-13-28(71)35(78)40(83)52(91-13)102-48-37(80)31(74)20(8-63)94-55(48)100-45-27(60-16(4)68)51(96-24(32(45)75)12-90-57(56(87)88)5-17(69)25(58-14(2)66)46(103-57)29(72)18(70)6-61)101-47-33(76)23(97-54(42(47)85)99-44-21(9-64)92-49(86)39(82)38(44)81)11-89-50-26(59-15(3)67)34(77)43(22(10-65)95-50)98-53-41(84)36(79)30(73)19(7-62)93-53/h13,17-55,61-65,69-86H,5-12H2,1-4H3,(H,58,66)(H,59,67)(H,60,68)(H,87,88)/t13-,17-,18+,19+,20+,21+,22+,23+,24+,25+,26+,27+,28+,29+,30-,31-,32+,33-,34+,35+,36-,37-,38+,39+,40-,41+,42+,43+,44+,45+,46+,47-,48+,49?,50+,51-,52-,53-,54-,55-,57+/m0/s1. The van der Waals surface area contributed by atoms with Crippen LogP contribution >= 0.6 is 0 Å². The number of aliphatic hydroxyl groups excluding tert-OH is 23. The van der Waals surface area contributed by atoms with Crippen LogP contribution in [0.2, 0.25) is 0 Å². The van der Waals surface area contributed by atoms with Gasteiger partial charge in [0.2, 0.25) is 17.7 Å². The molecular formula is C57H95N3O43. The van der Waals surface area contributed by atoms with Crippen LogP contribution in [0.5, 0.6) is 0 Å². The van der Waals surface area contributed by atoms with E-state index in [2.05, 4.69) is 16.0 Å². The van der Waals surface area contributed by atoms with Crippen molar-refractivity contribution >= 4 is 23.7 Å². The summed E-state index contributed by atoms with van der Waals surface area (Å²) >= 11 is 0. The second-order valence-electron chi connectivity index (χ2n) is 26.1. The van der Waals surface area contributed by atoms with Crippen molar-refractivity contribution in [3.05, 3.63) is 0 Å². The lowest BCUT2D eigenvalue weighted by molar-refractivity contribution is -0.393. The Morgan fingerprint density at radius 3 is 1.43 bits per heavy atom. The highest BCUT2D eigenvalue weighted by Crippen LogP contribution is 2.40. The fraction of sp³-hybridized carbons (Fsp3) is 0.930. The fourth-order valence-electron chi connectivity index (χ4n) is 13.1. The van der Waals surface area contributed by atoms with Gasteiger partial charge in [-0.1, -0.05) is 0 Å². The van der Waals surface area contributed by atoms with Crippen molar-refractivity contribution in [1.82, 2.24) is 16.0 Å². The summed E-state index contributed by atoms with van der Waals surface area (Å²) < 4.78 is 88.0. The van der Waals surface area contributed by atoms with E-state index >= 15 is 0 Å². The van der Waals surface area contributed by atoms with Crippen molar-refractivity contribution < 1.29 is 213 Å². The van der Waals surface area contributed by atoms with Gasteiger partial charge in [-0.05, 0) is 6.92 Å². The molecule has 0 spiro atoms. The molecule has 41 atom stereocenters. The van der Waals surface area contributed by atoms with Crippen LogP contribution in [0.4, 0.5) is 0 Å². The number of hydrogen-bond donors (Lipinski definition) is 27. The summed E-state index contributed by atoms with van der Waals surface area (Å²) in [6.45, 7) is -3.99. The zero-order chi connectivity index (χ0) is 76.3. The van der Waals surface area contributed by atoms with E-state index in [0.29, 0.717) is 0 Å². The summed E-state index contributed by atoms with van der Waals surface area (Å²) in [5.74, 6) is -8.27. The van der Waals surface area contributed by atoms with Crippen LogP contribution in [0.15, 0.2) is 0 Å². The molecule has 8 saturated heterocycles. The minimum atomic E-state index is -3.25. The molecule has 1 unspecified atom stereocenters.